The average Bonchev–Trinajstić information content (AvgIpc) is 2.63. The van der Waals surface area contributed by atoms with Crippen LogP contribution < -0.4 is 0 Å². The van der Waals surface area contributed by atoms with Crippen LogP contribution in [0.1, 0.15) is 32.6 Å². The second kappa shape index (κ2) is 3.21. The predicted octanol–water partition coefficient (Wildman–Crippen LogP) is 1.80. The monoisotopic (exact) mass is 128 g/mol. The van der Waals surface area contributed by atoms with Crippen LogP contribution in [0.4, 0.5) is 0 Å². The number of aliphatic hydroxyl groups excluding tert-OH is 1. The fourth-order valence-electron chi connectivity index (χ4n) is 1.31. The fraction of sp³-hybridized carbons (Fsp3) is 1.00. The lowest BCUT2D eigenvalue weighted by Gasteiger charge is -2.06. The van der Waals surface area contributed by atoms with E-state index in [0.29, 0.717) is 6.61 Å². The molecule has 1 unspecified atom stereocenters. The minimum Gasteiger partial charge on any atom is -0.396 e. The molecular weight excluding hydrogens is 112 g/mol. The molecule has 1 N–H and O–H groups in total. The predicted molar refractivity (Wildman–Crippen MR) is 38.2 cm³/mol. The summed E-state index contributed by atoms with van der Waals surface area (Å²) in [6.07, 6.45) is 5.10. The zero-order valence-electron chi connectivity index (χ0n) is 6.14. The Morgan fingerprint density at radius 3 is 2.67 bits per heavy atom. The summed E-state index contributed by atoms with van der Waals surface area (Å²) in [6, 6.07) is 0. The van der Waals surface area contributed by atoms with E-state index in [9.17, 15) is 0 Å². The van der Waals surface area contributed by atoms with Gasteiger partial charge in [0.25, 0.3) is 0 Å². The third kappa shape index (κ3) is 2.35. The molecule has 0 aliphatic heterocycles. The molecule has 0 radical (unpaired) electrons. The second-order valence-electron chi connectivity index (χ2n) is 3.18. The van der Waals surface area contributed by atoms with Gasteiger partial charge in [-0.1, -0.05) is 6.92 Å². The van der Waals surface area contributed by atoms with Crippen molar-refractivity contribution in [2.75, 3.05) is 6.61 Å². The molecule has 0 saturated heterocycles. The summed E-state index contributed by atoms with van der Waals surface area (Å²) in [6.45, 7) is 2.67. The lowest BCUT2D eigenvalue weighted by Crippen LogP contribution is -1.97. The average molecular weight is 128 g/mol. The van der Waals surface area contributed by atoms with Crippen molar-refractivity contribution >= 4 is 0 Å². The van der Waals surface area contributed by atoms with Gasteiger partial charge in [0.05, 0.1) is 0 Å². The molecule has 1 heteroatoms. The van der Waals surface area contributed by atoms with Crippen molar-refractivity contribution in [3.63, 3.8) is 0 Å². The van der Waals surface area contributed by atoms with Gasteiger partial charge in [-0.3, -0.25) is 0 Å². The van der Waals surface area contributed by atoms with Crippen molar-refractivity contribution in [1.82, 2.24) is 0 Å². The van der Waals surface area contributed by atoms with E-state index < -0.39 is 0 Å². The fourth-order valence-corrected chi connectivity index (χ4v) is 1.31. The molecule has 1 atom stereocenters. The largest absolute Gasteiger partial charge is 0.396 e. The van der Waals surface area contributed by atoms with Crippen LogP contribution in [-0.2, 0) is 0 Å². The SMILES string of the molecule is CC(CCCO)C1CC1. The molecule has 0 aromatic heterocycles. The summed E-state index contributed by atoms with van der Waals surface area (Å²) in [7, 11) is 0. The van der Waals surface area contributed by atoms with Gasteiger partial charge in [0.15, 0.2) is 0 Å². The smallest absolute Gasteiger partial charge is 0.0431 e. The van der Waals surface area contributed by atoms with Crippen molar-refractivity contribution in [1.29, 1.82) is 0 Å². The molecule has 54 valence electrons. The Bertz CT molecular complexity index is 76.6. The normalized spacial score (nSPS) is 22.0. The summed E-state index contributed by atoms with van der Waals surface area (Å²) in [5.41, 5.74) is 0. The standard InChI is InChI=1S/C8H16O/c1-7(3-2-6-9)8-4-5-8/h7-9H,2-6H2,1H3. The molecule has 1 aliphatic rings. The van der Waals surface area contributed by atoms with Crippen molar-refractivity contribution in [2.24, 2.45) is 11.8 Å². The first-order valence-corrected chi connectivity index (χ1v) is 3.95. The van der Waals surface area contributed by atoms with E-state index >= 15 is 0 Å². The van der Waals surface area contributed by atoms with Gasteiger partial charge in [-0.2, -0.15) is 0 Å². The van der Waals surface area contributed by atoms with Crippen molar-refractivity contribution in [3.05, 3.63) is 0 Å². The maximum atomic E-state index is 8.52. The van der Waals surface area contributed by atoms with E-state index in [-0.39, 0.29) is 0 Å². The van der Waals surface area contributed by atoms with E-state index in [4.69, 9.17) is 5.11 Å². The van der Waals surface area contributed by atoms with Crippen molar-refractivity contribution < 1.29 is 5.11 Å². The maximum absolute atomic E-state index is 8.52. The van der Waals surface area contributed by atoms with E-state index in [1.54, 1.807) is 0 Å². The van der Waals surface area contributed by atoms with Crippen LogP contribution in [-0.4, -0.2) is 11.7 Å². The molecule has 0 amide bonds. The van der Waals surface area contributed by atoms with Crippen LogP contribution in [0.15, 0.2) is 0 Å². The summed E-state index contributed by atoms with van der Waals surface area (Å²) in [4.78, 5) is 0. The first-order chi connectivity index (χ1) is 4.34. The highest BCUT2D eigenvalue weighted by Crippen LogP contribution is 2.38. The molecular formula is C8H16O. The zero-order valence-corrected chi connectivity index (χ0v) is 6.14. The van der Waals surface area contributed by atoms with Gasteiger partial charge in [-0.25, -0.2) is 0 Å². The third-order valence-electron chi connectivity index (χ3n) is 2.24. The molecule has 1 fully saturated rings. The minimum atomic E-state index is 0.372. The lowest BCUT2D eigenvalue weighted by molar-refractivity contribution is 0.269. The summed E-state index contributed by atoms with van der Waals surface area (Å²) >= 11 is 0. The van der Waals surface area contributed by atoms with E-state index in [0.717, 1.165) is 18.3 Å². The van der Waals surface area contributed by atoms with Crippen LogP contribution in [0, 0.1) is 11.8 Å². The Kier molecular flexibility index (Phi) is 2.52. The first kappa shape index (κ1) is 7.07. The molecule has 9 heavy (non-hydrogen) atoms. The van der Waals surface area contributed by atoms with Crippen molar-refractivity contribution in [2.45, 2.75) is 32.6 Å². The van der Waals surface area contributed by atoms with E-state index in [1.165, 1.54) is 19.3 Å². The molecule has 0 aromatic rings. The third-order valence-corrected chi connectivity index (χ3v) is 2.24. The highest BCUT2D eigenvalue weighted by Gasteiger charge is 2.26. The van der Waals surface area contributed by atoms with Gasteiger partial charge in [0.1, 0.15) is 0 Å². The van der Waals surface area contributed by atoms with Crippen LogP contribution in [0.5, 0.6) is 0 Å². The van der Waals surface area contributed by atoms with Crippen LogP contribution in [0.2, 0.25) is 0 Å². The summed E-state index contributed by atoms with van der Waals surface area (Å²) in [5, 5.41) is 8.52. The highest BCUT2D eigenvalue weighted by molar-refractivity contribution is 4.78. The Labute approximate surface area is 57.1 Å². The number of rotatable bonds is 4. The van der Waals surface area contributed by atoms with E-state index in [1.807, 2.05) is 0 Å². The van der Waals surface area contributed by atoms with Gasteiger partial charge in [-0.15, -0.1) is 0 Å². The van der Waals surface area contributed by atoms with Gasteiger partial charge in [-0.05, 0) is 37.5 Å². The highest BCUT2D eigenvalue weighted by atomic mass is 16.2. The first-order valence-electron chi connectivity index (χ1n) is 3.95. The molecule has 0 bridgehead atoms. The van der Waals surface area contributed by atoms with Gasteiger partial charge < -0.3 is 5.11 Å². The molecule has 1 aliphatic carbocycles. The molecule has 1 nitrogen and oxygen atoms in total. The maximum Gasteiger partial charge on any atom is 0.0431 e. The lowest BCUT2D eigenvalue weighted by atomic mass is 10.0. The minimum absolute atomic E-state index is 0.372. The van der Waals surface area contributed by atoms with Gasteiger partial charge in [0.2, 0.25) is 0 Å². The molecule has 1 rings (SSSR count). The number of hydrogen-bond donors (Lipinski definition) is 1. The molecule has 0 aromatic carbocycles. The quantitative estimate of drug-likeness (QED) is 0.612. The number of aliphatic hydroxyl groups is 1. The summed E-state index contributed by atoms with van der Waals surface area (Å²) in [5.74, 6) is 1.88. The topological polar surface area (TPSA) is 20.2 Å². The van der Waals surface area contributed by atoms with Crippen LogP contribution >= 0.6 is 0 Å². The number of hydrogen-bond acceptors (Lipinski definition) is 1. The zero-order chi connectivity index (χ0) is 6.69. The molecule has 0 heterocycles. The Morgan fingerprint density at radius 1 is 1.56 bits per heavy atom. The second-order valence-corrected chi connectivity index (χ2v) is 3.18. The van der Waals surface area contributed by atoms with Gasteiger partial charge in [0, 0.05) is 6.61 Å². The van der Waals surface area contributed by atoms with E-state index in [2.05, 4.69) is 6.92 Å². The Balaban J connectivity index is 1.96. The van der Waals surface area contributed by atoms with Crippen molar-refractivity contribution in [3.8, 4) is 0 Å². The molecule has 1 saturated carbocycles. The van der Waals surface area contributed by atoms with Gasteiger partial charge >= 0.3 is 0 Å². The van der Waals surface area contributed by atoms with Crippen LogP contribution in [0.25, 0.3) is 0 Å². The Morgan fingerprint density at radius 2 is 2.22 bits per heavy atom. The Hall–Kier alpha value is -0.0400. The summed E-state index contributed by atoms with van der Waals surface area (Å²) < 4.78 is 0. The van der Waals surface area contributed by atoms with Crippen LogP contribution in [0.3, 0.4) is 0 Å². The molecule has 0 spiro atoms.